The zero-order valence-electron chi connectivity index (χ0n) is 12.1. The van der Waals surface area contributed by atoms with E-state index in [0.717, 1.165) is 0 Å². The van der Waals surface area contributed by atoms with Gasteiger partial charge in [-0.25, -0.2) is 14.2 Å². The molecule has 2 amide bonds. The Hall–Kier alpha value is -2.27. The Morgan fingerprint density at radius 2 is 2.30 bits per heavy atom. The lowest BCUT2D eigenvalue weighted by Crippen LogP contribution is -2.42. The van der Waals surface area contributed by atoms with Crippen molar-refractivity contribution in [1.29, 1.82) is 0 Å². The topological polar surface area (TPSA) is 126 Å². The number of aromatic nitrogens is 2. The van der Waals surface area contributed by atoms with Gasteiger partial charge in [0.2, 0.25) is 5.82 Å². The molecule has 1 rings (SSSR count). The molecule has 23 heavy (non-hydrogen) atoms. The van der Waals surface area contributed by atoms with Gasteiger partial charge in [0.15, 0.2) is 0 Å². The Bertz CT molecular complexity index is 663. The van der Waals surface area contributed by atoms with Crippen LogP contribution in [-0.2, 0) is 4.74 Å². The first-order valence-corrected chi connectivity index (χ1v) is 6.96. The number of halogens is 2. The molecule has 0 fully saturated rings. The van der Waals surface area contributed by atoms with Crippen LogP contribution in [0.25, 0.3) is 0 Å². The van der Waals surface area contributed by atoms with Crippen LogP contribution in [0.2, 0.25) is 0 Å². The number of nitroso groups, excluding NO2 is 1. The zero-order valence-corrected chi connectivity index (χ0v) is 12.9. The second-order valence-electron chi connectivity index (χ2n) is 4.22. The van der Waals surface area contributed by atoms with Gasteiger partial charge in [0.05, 0.1) is 11.8 Å². The summed E-state index contributed by atoms with van der Waals surface area (Å²) in [6.07, 6.45) is -0.481. The van der Waals surface area contributed by atoms with Crippen molar-refractivity contribution in [3.05, 3.63) is 37.8 Å². The molecule has 0 saturated carbocycles. The molecule has 1 aromatic rings. The monoisotopic (exact) mass is 351 g/mol. The third kappa shape index (κ3) is 4.86. The van der Waals surface area contributed by atoms with Crippen molar-refractivity contribution >= 4 is 17.6 Å². The van der Waals surface area contributed by atoms with Gasteiger partial charge in [-0.15, -0.1) is 16.5 Å². The van der Waals surface area contributed by atoms with Crippen LogP contribution in [0.3, 0.4) is 0 Å². The van der Waals surface area contributed by atoms with Gasteiger partial charge in [-0.05, 0) is 0 Å². The Balaban J connectivity index is 2.74. The summed E-state index contributed by atoms with van der Waals surface area (Å²) in [5.74, 6) is -1.12. The first-order valence-electron chi connectivity index (χ1n) is 6.43. The van der Waals surface area contributed by atoms with Crippen molar-refractivity contribution in [3.63, 3.8) is 0 Å². The van der Waals surface area contributed by atoms with E-state index in [-0.39, 0.29) is 25.4 Å². The smallest absolute Gasteiger partial charge is 0.340 e. The summed E-state index contributed by atoms with van der Waals surface area (Å²) in [7, 11) is 1.22. The summed E-state index contributed by atoms with van der Waals surface area (Å²) in [6, 6.07) is -0.795. The quantitative estimate of drug-likeness (QED) is 0.391. The molecule has 0 saturated heterocycles. The maximum atomic E-state index is 13.2. The van der Waals surface area contributed by atoms with Gasteiger partial charge in [-0.3, -0.25) is 4.79 Å². The molecule has 1 atom stereocenters. The van der Waals surface area contributed by atoms with Crippen molar-refractivity contribution in [1.82, 2.24) is 19.9 Å². The predicted octanol–water partition coefficient (Wildman–Crippen LogP) is 0.143. The summed E-state index contributed by atoms with van der Waals surface area (Å²) in [5, 5.41) is 5.41. The minimum atomic E-state index is -1.15. The molecule has 1 aromatic heterocycles. The minimum Gasteiger partial charge on any atom is -0.361 e. The number of carbonyl (C=O) groups excluding carboxylic acids is 1. The number of hydrogen-bond acceptors (Lipinski definition) is 6. The highest BCUT2D eigenvalue weighted by Gasteiger charge is 2.18. The molecule has 12 heteroatoms. The number of rotatable bonds is 8. The van der Waals surface area contributed by atoms with Crippen LogP contribution in [0.5, 0.6) is 0 Å². The Labute approximate surface area is 134 Å². The van der Waals surface area contributed by atoms with E-state index in [1.54, 1.807) is 0 Å². The SMILES string of the molecule is COC(CCNC(=O)N(CCCl)N=O)n1c(=O)[nH]cc(F)c1=O. The standard InChI is InChI=1S/C11H15ClFN5O5/c1-23-8(18-9(19)7(13)6-15-11(18)21)2-4-14-10(20)17(16-22)5-3-12/h6,8H,2-5H2,1H3,(H,14,20)(H,15,21). The van der Waals surface area contributed by atoms with E-state index in [2.05, 4.69) is 15.6 Å². The van der Waals surface area contributed by atoms with Crippen LogP contribution in [0, 0.1) is 10.7 Å². The van der Waals surface area contributed by atoms with E-state index in [1.165, 1.54) is 7.11 Å². The van der Waals surface area contributed by atoms with Crippen LogP contribution < -0.4 is 16.6 Å². The lowest BCUT2D eigenvalue weighted by molar-refractivity contribution is 0.0299. The van der Waals surface area contributed by atoms with Crippen LogP contribution in [0.4, 0.5) is 9.18 Å². The zero-order chi connectivity index (χ0) is 17.4. The van der Waals surface area contributed by atoms with Crippen molar-refractivity contribution in [3.8, 4) is 0 Å². The molecule has 2 N–H and O–H groups in total. The van der Waals surface area contributed by atoms with Crippen molar-refractivity contribution in [2.75, 3.05) is 26.1 Å². The normalized spacial score (nSPS) is 11.8. The second kappa shape index (κ2) is 9.00. The average Bonchev–Trinajstić information content (AvgIpc) is 2.54. The van der Waals surface area contributed by atoms with Gasteiger partial charge in [0, 0.05) is 32.2 Å². The van der Waals surface area contributed by atoms with E-state index < -0.39 is 29.3 Å². The summed E-state index contributed by atoms with van der Waals surface area (Å²) < 4.78 is 18.8. The van der Waals surface area contributed by atoms with E-state index >= 15 is 0 Å². The number of nitrogens with zero attached hydrogens (tertiary/aromatic N) is 3. The molecule has 1 unspecified atom stereocenters. The fourth-order valence-corrected chi connectivity index (χ4v) is 1.89. The number of nitrogens with one attached hydrogen (secondary N) is 2. The molecule has 10 nitrogen and oxygen atoms in total. The molecule has 0 aliphatic carbocycles. The number of hydrogen-bond donors (Lipinski definition) is 2. The van der Waals surface area contributed by atoms with Crippen molar-refractivity contribution in [2.45, 2.75) is 12.6 Å². The summed E-state index contributed by atoms with van der Waals surface area (Å²) in [4.78, 5) is 47.3. The Morgan fingerprint density at radius 3 is 2.87 bits per heavy atom. The lowest BCUT2D eigenvalue weighted by Gasteiger charge is -2.18. The molecule has 0 aliphatic rings. The van der Waals surface area contributed by atoms with Crippen LogP contribution in [0.15, 0.2) is 21.1 Å². The number of amides is 2. The van der Waals surface area contributed by atoms with Gasteiger partial charge in [-0.1, -0.05) is 0 Å². The van der Waals surface area contributed by atoms with E-state index in [9.17, 15) is 23.7 Å². The number of H-pyrrole nitrogens is 1. The van der Waals surface area contributed by atoms with Crippen molar-refractivity contribution < 1.29 is 13.9 Å². The van der Waals surface area contributed by atoms with E-state index in [0.29, 0.717) is 15.8 Å². The largest absolute Gasteiger partial charge is 0.361 e. The maximum absolute atomic E-state index is 13.2. The van der Waals surface area contributed by atoms with Gasteiger partial charge < -0.3 is 15.0 Å². The number of alkyl halides is 1. The van der Waals surface area contributed by atoms with Gasteiger partial charge in [0.25, 0.3) is 5.56 Å². The minimum absolute atomic E-state index is 0.0217. The summed E-state index contributed by atoms with van der Waals surface area (Å²) >= 11 is 5.40. The van der Waals surface area contributed by atoms with Crippen molar-refractivity contribution in [2.24, 2.45) is 5.29 Å². The highest BCUT2D eigenvalue weighted by atomic mass is 35.5. The number of urea groups is 1. The molecular weight excluding hydrogens is 337 g/mol. The lowest BCUT2D eigenvalue weighted by atomic mass is 10.3. The predicted molar refractivity (Wildman–Crippen MR) is 78.6 cm³/mol. The van der Waals surface area contributed by atoms with E-state index in [4.69, 9.17) is 16.3 Å². The molecular formula is C11H15ClFN5O5. The summed E-state index contributed by atoms with van der Waals surface area (Å²) in [6.45, 7) is -0.137. The average molecular weight is 352 g/mol. The Kier molecular flexibility index (Phi) is 7.35. The fourth-order valence-electron chi connectivity index (χ4n) is 1.73. The molecule has 1 heterocycles. The molecule has 0 spiro atoms. The van der Waals surface area contributed by atoms with E-state index in [1.807, 2.05) is 0 Å². The molecule has 128 valence electrons. The number of methoxy groups -OCH3 is 1. The van der Waals surface area contributed by atoms with Gasteiger partial charge in [-0.2, -0.15) is 9.40 Å². The van der Waals surface area contributed by atoms with Crippen LogP contribution in [-0.4, -0.2) is 46.7 Å². The third-order valence-corrected chi connectivity index (χ3v) is 2.99. The number of aromatic amines is 1. The van der Waals surface area contributed by atoms with Crippen LogP contribution >= 0.6 is 11.6 Å². The second-order valence-corrected chi connectivity index (χ2v) is 4.60. The molecule has 0 bridgehead atoms. The summed E-state index contributed by atoms with van der Waals surface area (Å²) in [5.41, 5.74) is -2.00. The van der Waals surface area contributed by atoms with Gasteiger partial charge >= 0.3 is 11.7 Å². The highest BCUT2D eigenvalue weighted by Crippen LogP contribution is 2.06. The maximum Gasteiger partial charge on any atom is 0.340 e. The van der Waals surface area contributed by atoms with Crippen LogP contribution in [0.1, 0.15) is 12.6 Å². The third-order valence-electron chi connectivity index (χ3n) is 2.82. The molecule has 0 aliphatic heterocycles. The molecule has 0 radical (unpaired) electrons. The Morgan fingerprint density at radius 1 is 1.61 bits per heavy atom. The fraction of sp³-hybridized carbons (Fsp3) is 0.545. The molecule has 0 aromatic carbocycles. The first kappa shape index (κ1) is 18.8. The highest BCUT2D eigenvalue weighted by molar-refractivity contribution is 6.18. The first-order chi connectivity index (χ1) is 11.0. The van der Waals surface area contributed by atoms with Gasteiger partial charge in [0.1, 0.15) is 6.23 Å². The number of carbonyl (C=O) groups is 1. The number of ether oxygens (including phenoxy) is 1.